The first-order chi connectivity index (χ1) is 9.04. The molecule has 0 aromatic carbocycles. The summed E-state index contributed by atoms with van der Waals surface area (Å²) in [7, 11) is 0. The number of hydrogen-bond acceptors (Lipinski definition) is 5. The van der Waals surface area contributed by atoms with E-state index in [1.807, 2.05) is 0 Å². The van der Waals surface area contributed by atoms with Gasteiger partial charge in [0.2, 0.25) is 5.91 Å². The van der Waals surface area contributed by atoms with Gasteiger partial charge in [-0.3, -0.25) is 9.69 Å². The summed E-state index contributed by atoms with van der Waals surface area (Å²) >= 11 is 0. The van der Waals surface area contributed by atoms with Gasteiger partial charge in [0.25, 0.3) is 0 Å². The average Bonchev–Trinajstić information content (AvgIpc) is 2.76. The van der Waals surface area contributed by atoms with Crippen LogP contribution in [0.1, 0.15) is 26.0 Å². The van der Waals surface area contributed by atoms with Crippen LogP contribution < -0.4 is 5.32 Å². The molecule has 1 aromatic rings. The molecule has 0 radical (unpaired) electrons. The fraction of sp³-hybridized carbons (Fsp3) is 0.692. The predicted octanol–water partition coefficient (Wildman–Crippen LogP) is 1.42. The number of carbonyl (C=O) groups excluding carboxylic acids is 1. The summed E-state index contributed by atoms with van der Waals surface area (Å²) in [5, 5.41) is 6.46. The minimum absolute atomic E-state index is 0.0420. The maximum absolute atomic E-state index is 11.8. The quantitative estimate of drug-likeness (QED) is 0.893. The first-order valence-electron chi connectivity index (χ1n) is 6.63. The molecule has 106 valence electrons. The summed E-state index contributed by atoms with van der Waals surface area (Å²) in [6.07, 6.45) is 0.681. The van der Waals surface area contributed by atoms with Crippen LogP contribution in [0.15, 0.2) is 10.6 Å². The maximum atomic E-state index is 11.8. The number of aromatic nitrogens is 1. The molecule has 6 nitrogen and oxygen atoms in total. The molecule has 1 aromatic heterocycles. The number of hydrogen-bond donors (Lipinski definition) is 1. The van der Waals surface area contributed by atoms with Gasteiger partial charge in [-0.05, 0) is 20.8 Å². The second kappa shape index (κ2) is 6.16. The first kappa shape index (κ1) is 14.0. The largest absolute Gasteiger partial charge is 0.376 e. The zero-order valence-electron chi connectivity index (χ0n) is 11.7. The van der Waals surface area contributed by atoms with Gasteiger partial charge in [0.1, 0.15) is 5.76 Å². The number of amides is 1. The number of rotatable bonds is 4. The molecule has 2 heterocycles. The van der Waals surface area contributed by atoms with Crippen molar-refractivity contribution in [3.63, 3.8) is 0 Å². The SMILES string of the molecule is Cc1cc(NC(=O)CCN2CC(C)OCC2C)no1. The van der Waals surface area contributed by atoms with Crippen LogP contribution in [0, 0.1) is 6.92 Å². The van der Waals surface area contributed by atoms with Gasteiger partial charge in [0.15, 0.2) is 5.82 Å². The van der Waals surface area contributed by atoms with Crippen LogP contribution in [0.4, 0.5) is 5.82 Å². The molecule has 0 spiro atoms. The molecule has 0 aliphatic carbocycles. The van der Waals surface area contributed by atoms with E-state index in [-0.39, 0.29) is 12.0 Å². The van der Waals surface area contributed by atoms with Crippen molar-refractivity contribution in [3.8, 4) is 0 Å². The molecule has 1 N–H and O–H groups in total. The molecule has 1 aliphatic rings. The lowest BCUT2D eigenvalue weighted by Gasteiger charge is -2.36. The highest BCUT2D eigenvalue weighted by Gasteiger charge is 2.23. The minimum Gasteiger partial charge on any atom is -0.376 e. The van der Waals surface area contributed by atoms with Crippen LogP contribution >= 0.6 is 0 Å². The number of anilines is 1. The Balaban J connectivity index is 1.76. The van der Waals surface area contributed by atoms with Gasteiger partial charge in [-0.1, -0.05) is 5.16 Å². The van der Waals surface area contributed by atoms with Crippen molar-refractivity contribution in [1.29, 1.82) is 0 Å². The van der Waals surface area contributed by atoms with Gasteiger partial charge in [-0.25, -0.2) is 0 Å². The number of aryl methyl sites for hydroxylation is 1. The van der Waals surface area contributed by atoms with Crippen molar-refractivity contribution in [2.75, 3.05) is 25.0 Å². The van der Waals surface area contributed by atoms with E-state index in [9.17, 15) is 4.79 Å². The second-order valence-corrected chi connectivity index (χ2v) is 5.11. The highest BCUT2D eigenvalue weighted by molar-refractivity contribution is 5.89. The fourth-order valence-electron chi connectivity index (χ4n) is 2.16. The highest BCUT2D eigenvalue weighted by Crippen LogP contribution is 2.12. The molecular formula is C13H21N3O3. The predicted molar refractivity (Wildman–Crippen MR) is 70.9 cm³/mol. The van der Waals surface area contributed by atoms with Crippen molar-refractivity contribution in [2.24, 2.45) is 0 Å². The third kappa shape index (κ3) is 4.04. The normalized spacial score (nSPS) is 24.4. The zero-order valence-corrected chi connectivity index (χ0v) is 11.7. The van der Waals surface area contributed by atoms with E-state index in [1.165, 1.54) is 0 Å². The summed E-state index contributed by atoms with van der Waals surface area (Å²) in [6, 6.07) is 2.07. The molecule has 1 aliphatic heterocycles. The monoisotopic (exact) mass is 267 g/mol. The summed E-state index contributed by atoms with van der Waals surface area (Å²) in [4.78, 5) is 14.1. The summed E-state index contributed by atoms with van der Waals surface area (Å²) < 4.78 is 10.5. The lowest BCUT2D eigenvalue weighted by atomic mass is 10.2. The molecule has 1 saturated heterocycles. The van der Waals surface area contributed by atoms with Crippen molar-refractivity contribution < 1.29 is 14.1 Å². The maximum Gasteiger partial charge on any atom is 0.226 e. The Bertz CT molecular complexity index is 433. The van der Waals surface area contributed by atoms with E-state index in [4.69, 9.17) is 9.26 Å². The molecule has 2 atom stereocenters. The standard InChI is InChI=1S/C13H21N3O3/c1-9-8-18-11(3)7-16(9)5-4-13(17)14-12-6-10(2)19-15-12/h6,9,11H,4-5,7-8H2,1-3H3,(H,14,15,17). The zero-order chi connectivity index (χ0) is 13.8. The lowest BCUT2D eigenvalue weighted by molar-refractivity contribution is -0.117. The smallest absolute Gasteiger partial charge is 0.226 e. The fourth-order valence-corrected chi connectivity index (χ4v) is 2.16. The lowest BCUT2D eigenvalue weighted by Crippen LogP contribution is -2.48. The number of morpholine rings is 1. The third-order valence-corrected chi connectivity index (χ3v) is 3.26. The van der Waals surface area contributed by atoms with E-state index in [1.54, 1.807) is 13.0 Å². The Kier molecular flexibility index (Phi) is 4.55. The van der Waals surface area contributed by atoms with Gasteiger partial charge in [0.05, 0.1) is 12.7 Å². The number of nitrogens with zero attached hydrogens (tertiary/aromatic N) is 2. The Hall–Kier alpha value is -1.40. The Morgan fingerprint density at radius 3 is 3.05 bits per heavy atom. The van der Waals surface area contributed by atoms with Crippen LogP contribution in [0.2, 0.25) is 0 Å². The number of nitrogens with one attached hydrogen (secondary N) is 1. The van der Waals surface area contributed by atoms with Crippen LogP contribution in [0.5, 0.6) is 0 Å². The Labute approximate surface area is 113 Å². The van der Waals surface area contributed by atoms with Crippen molar-refractivity contribution >= 4 is 11.7 Å². The first-order valence-corrected chi connectivity index (χ1v) is 6.63. The second-order valence-electron chi connectivity index (χ2n) is 5.11. The molecule has 6 heteroatoms. The summed E-state index contributed by atoms with van der Waals surface area (Å²) in [6.45, 7) is 8.29. The van der Waals surface area contributed by atoms with Crippen LogP contribution in [0.3, 0.4) is 0 Å². The van der Waals surface area contributed by atoms with Gasteiger partial charge >= 0.3 is 0 Å². The van der Waals surface area contributed by atoms with Crippen molar-refractivity contribution in [3.05, 3.63) is 11.8 Å². The van der Waals surface area contributed by atoms with Crippen molar-refractivity contribution in [2.45, 2.75) is 39.3 Å². The van der Waals surface area contributed by atoms with Gasteiger partial charge in [-0.2, -0.15) is 0 Å². The summed E-state index contributed by atoms with van der Waals surface area (Å²) in [5.74, 6) is 1.12. The van der Waals surface area contributed by atoms with E-state index in [0.717, 1.165) is 19.7 Å². The molecule has 0 bridgehead atoms. The van der Waals surface area contributed by atoms with Crippen LogP contribution in [0.25, 0.3) is 0 Å². The molecule has 2 unspecified atom stereocenters. The van der Waals surface area contributed by atoms with E-state index < -0.39 is 0 Å². The van der Waals surface area contributed by atoms with E-state index in [2.05, 4.69) is 29.2 Å². The third-order valence-electron chi connectivity index (χ3n) is 3.26. The molecule has 19 heavy (non-hydrogen) atoms. The van der Waals surface area contributed by atoms with Crippen LogP contribution in [-0.2, 0) is 9.53 Å². The average molecular weight is 267 g/mol. The van der Waals surface area contributed by atoms with Crippen molar-refractivity contribution in [1.82, 2.24) is 10.1 Å². The molecule has 2 rings (SSSR count). The highest BCUT2D eigenvalue weighted by atomic mass is 16.5. The molecule has 0 saturated carbocycles. The molecular weight excluding hydrogens is 246 g/mol. The van der Waals surface area contributed by atoms with Crippen LogP contribution in [-0.4, -0.2) is 47.8 Å². The molecule has 1 amide bonds. The minimum atomic E-state index is -0.0420. The van der Waals surface area contributed by atoms with Gasteiger partial charge in [0, 0.05) is 31.6 Å². The van der Waals surface area contributed by atoms with E-state index in [0.29, 0.717) is 24.0 Å². The molecule has 1 fully saturated rings. The topological polar surface area (TPSA) is 67.6 Å². The van der Waals surface area contributed by atoms with Gasteiger partial charge in [-0.15, -0.1) is 0 Å². The number of carbonyl (C=O) groups is 1. The Morgan fingerprint density at radius 2 is 2.37 bits per heavy atom. The Morgan fingerprint density at radius 1 is 1.58 bits per heavy atom. The van der Waals surface area contributed by atoms with E-state index >= 15 is 0 Å². The number of ether oxygens (including phenoxy) is 1. The van der Waals surface area contributed by atoms with Gasteiger partial charge < -0.3 is 14.6 Å². The summed E-state index contributed by atoms with van der Waals surface area (Å²) in [5.41, 5.74) is 0.